The zero-order valence-electron chi connectivity index (χ0n) is 21.8. The van der Waals surface area contributed by atoms with Crippen LogP contribution in [0.25, 0.3) is 0 Å². The molecular formula is C28H33N3O6S. The smallest absolute Gasteiger partial charge is 0.336 e. The molecular weight excluding hydrogens is 506 g/mol. The van der Waals surface area contributed by atoms with Crippen molar-refractivity contribution in [2.24, 2.45) is 0 Å². The Bertz CT molecular complexity index is 1230. The van der Waals surface area contributed by atoms with E-state index in [4.69, 9.17) is 4.74 Å². The van der Waals surface area contributed by atoms with E-state index in [0.29, 0.717) is 23.4 Å². The summed E-state index contributed by atoms with van der Waals surface area (Å²) in [4.78, 5) is 39.6. The molecule has 0 amide bonds. The molecule has 1 atom stereocenters. The van der Waals surface area contributed by atoms with Crippen LogP contribution in [0.1, 0.15) is 38.2 Å². The molecule has 0 saturated carbocycles. The molecule has 1 aliphatic rings. The number of non-ortho nitro benzene ring substituents is 1. The Labute approximate surface area is 226 Å². The molecule has 2 aromatic carbocycles. The van der Waals surface area contributed by atoms with Crippen LogP contribution in [0.5, 0.6) is 0 Å². The summed E-state index contributed by atoms with van der Waals surface area (Å²) in [6.45, 7) is 5.11. The number of nitro groups is 1. The number of nitrogens with one attached hydrogen (secondary N) is 1. The molecule has 0 radical (unpaired) electrons. The number of hydrogen-bond donors (Lipinski definition) is 2. The van der Waals surface area contributed by atoms with Gasteiger partial charge in [-0.3, -0.25) is 10.1 Å². The van der Waals surface area contributed by atoms with Gasteiger partial charge in [0.2, 0.25) is 0 Å². The van der Waals surface area contributed by atoms with Gasteiger partial charge in [0.25, 0.3) is 5.69 Å². The number of allylic oxidation sites excluding steroid dienone is 2. The van der Waals surface area contributed by atoms with E-state index >= 15 is 0 Å². The van der Waals surface area contributed by atoms with Gasteiger partial charge in [0.15, 0.2) is 0 Å². The number of carboxylic acid groups (broad SMARTS) is 1. The van der Waals surface area contributed by atoms with Crippen LogP contribution in [0, 0.1) is 10.1 Å². The van der Waals surface area contributed by atoms with E-state index in [0.717, 1.165) is 25.3 Å². The van der Waals surface area contributed by atoms with Crippen LogP contribution < -0.4 is 5.32 Å². The standard InChI is InChI=1S/C28H33N3O6S/c1-19-24(27(32)33)26(21-10-7-11-22(18-21)31(35)36)25(20(2)29-19)28(34)37-16-8-14-30(3)15-9-17-38-23-12-5-4-6-13-23/h4-7,10-13,18,26,29H,8-9,14-17H2,1-3H3,(H,32,33). The van der Waals surface area contributed by atoms with Gasteiger partial charge in [0.1, 0.15) is 0 Å². The summed E-state index contributed by atoms with van der Waals surface area (Å²) in [5.41, 5.74) is 1.09. The maximum atomic E-state index is 13.2. The van der Waals surface area contributed by atoms with Crippen molar-refractivity contribution in [3.8, 4) is 0 Å². The number of esters is 1. The highest BCUT2D eigenvalue weighted by Gasteiger charge is 2.37. The highest BCUT2D eigenvalue weighted by atomic mass is 32.2. The molecule has 0 fully saturated rings. The summed E-state index contributed by atoms with van der Waals surface area (Å²) in [5.74, 6) is -1.83. The first-order valence-corrected chi connectivity index (χ1v) is 13.4. The quantitative estimate of drug-likeness (QED) is 0.120. The fraction of sp³-hybridized carbons (Fsp3) is 0.357. The minimum absolute atomic E-state index is 0.0452. The average molecular weight is 540 g/mol. The molecule has 0 aliphatic carbocycles. The predicted octanol–water partition coefficient (Wildman–Crippen LogP) is 4.96. The molecule has 38 heavy (non-hydrogen) atoms. The number of hydrogen-bond acceptors (Lipinski definition) is 8. The van der Waals surface area contributed by atoms with Crippen molar-refractivity contribution in [3.05, 3.63) is 92.8 Å². The number of ether oxygens (including phenoxy) is 1. The molecule has 1 heterocycles. The molecule has 0 bridgehead atoms. The number of carboxylic acids is 1. The second kappa shape index (κ2) is 13.8. The molecule has 0 saturated heterocycles. The molecule has 2 N–H and O–H groups in total. The van der Waals surface area contributed by atoms with Crippen molar-refractivity contribution in [1.82, 2.24) is 10.2 Å². The SMILES string of the molecule is CC1=C(C(=O)O)C(c2cccc([N+](=O)[O-])c2)C(C(=O)OCCCN(C)CCCSc2ccccc2)=C(C)N1. The van der Waals surface area contributed by atoms with Gasteiger partial charge in [-0.15, -0.1) is 11.8 Å². The largest absolute Gasteiger partial charge is 0.478 e. The molecule has 3 rings (SSSR count). The Morgan fingerprint density at radius 1 is 1.05 bits per heavy atom. The molecule has 1 aliphatic heterocycles. The number of carbonyl (C=O) groups is 2. The van der Waals surface area contributed by atoms with E-state index in [-0.39, 0.29) is 23.4 Å². The normalized spacial score (nSPS) is 15.4. The van der Waals surface area contributed by atoms with E-state index in [1.54, 1.807) is 19.9 Å². The Balaban J connectivity index is 1.59. The number of rotatable bonds is 13. The number of benzene rings is 2. The van der Waals surface area contributed by atoms with Crippen LogP contribution >= 0.6 is 11.8 Å². The Hall–Kier alpha value is -3.63. The highest BCUT2D eigenvalue weighted by Crippen LogP contribution is 2.39. The third-order valence-corrected chi connectivity index (χ3v) is 7.34. The lowest BCUT2D eigenvalue weighted by Crippen LogP contribution is -2.32. The third-order valence-electron chi connectivity index (χ3n) is 6.24. The first-order valence-electron chi connectivity index (χ1n) is 12.4. The monoisotopic (exact) mass is 539 g/mol. The van der Waals surface area contributed by atoms with Crippen molar-refractivity contribution in [1.29, 1.82) is 0 Å². The second-order valence-corrected chi connectivity index (χ2v) is 10.3. The van der Waals surface area contributed by atoms with Crippen LogP contribution in [0.2, 0.25) is 0 Å². The fourth-order valence-electron chi connectivity index (χ4n) is 4.43. The number of dihydropyridines is 1. The number of carbonyl (C=O) groups excluding carboxylic acids is 1. The molecule has 1 unspecified atom stereocenters. The maximum absolute atomic E-state index is 13.2. The minimum atomic E-state index is -1.21. The summed E-state index contributed by atoms with van der Waals surface area (Å²) >= 11 is 1.82. The van der Waals surface area contributed by atoms with Crippen molar-refractivity contribution < 1.29 is 24.4 Å². The van der Waals surface area contributed by atoms with Gasteiger partial charge < -0.3 is 20.1 Å². The number of nitrogens with zero attached hydrogens (tertiary/aromatic N) is 2. The number of thioether (sulfide) groups is 1. The van der Waals surface area contributed by atoms with Gasteiger partial charge in [0.05, 0.1) is 28.6 Å². The van der Waals surface area contributed by atoms with Crippen molar-refractivity contribution in [3.63, 3.8) is 0 Å². The van der Waals surface area contributed by atoms with Crippen LogP contribution in [0.3, 0.4) is 0 Å². The predicted molar refractivity (Wildman–Crippen MR) is 147 cm³/mol. The molecule has 0 aromatic heterocycles. The summed E-state index contributed by atoms with van der Waals surface area (Å²) in [7, 11) is 2.03. The lowest BCUT2D eigenvalue weighted by atomic mass is 9.80. The molecule has 202 valence electrons. The summed E-state index contributed by atoms with van der Waals surface area (Å²) in [5, 5.41) is 24.2. The minimum Gasteiger partial charge on any atom is -0.478 e. The maximum Gasteiger partial charge on any atom is 0.336 e. The average Bonchev–Trinajstić information content (AvgIpc) is 2.89. The first-order chi connectivity index (χ1) is 18.2. The van der Waals surface area contributed by atoms with Crippen LogP contribution in [0.4, 0.5) is 5.69 Å². The second-order valence-electron chi connectivity index (χ2n) is 9.10. The van der Waals surface area contributed by atoms with E-state index < -0.39 is 22.8 Å². The first kappa shape index (κ1) is 28.9. The van der Waals surface area contributed by atoms with E-state index in [1.807, 2.05) is 37.0 Å². The number of aliphatic carboxylic acids is 1. The zero-order valence-corrected chi connectivity index (χ0v) is 22.6. The van der Waals surface area contributed by atoms with Crippen LogP contribution in [-0.2, 0) is 14.3 Å². The van der Waals surface area contributed by atoms with Crippen molar-refractivity contribution in [2.75, 3.05) is 32.5 Å². The Morgan fingerprint density at radius 3 is 2.42 bits per heavy atom. The lowest BCUT2D eigenvalue weighted by Gasteiger charge is -2.29. The van der Waals surface area contributed by atoms with Crippen molar-refractivity contribution >= 4 is 29.4 Å². The van der Waals surface area contributed by atoms with Gasteiger partial charge >= 0.3 is 11.9 Å². The fourth-order valence-corrected chi connectivity index (χ4v) is 5.29. The highest BCUT2D eigenvalue weighted by molar-refractivity contribution is 7.99. The van der Waals surface area contributed by atoms with E-state index in [9.17, 15) is 24.8 Å². The molecule has 2 aromatic rings. The van der Waals surface area contributed by atoms with Gasteiger partial charge in [-0.25, -0.2) is 9.59 Å². The van der Waals surface area contributed by atoms with Gasteiger partial charge in [-0.1, -0.05) is 30.3 Å². The van der Waals surface area contributed by atoms with E-state index in [2.05, 4.69) is 22.3 Å². The van der Waals surface area contributed by atoms with Gasteiger partial charge in [-0.05, 0) is 63.7 Å². The number of nitro benzene ring substituents is 1. The lowest BCUT2D eigenvalue weighted by molar-refractivity contribution is -0.384. The zero-order chi connectivity index (χ0) is 27.7. The van der Waals surface area contributed by atoms with Crippen molar-refractivity contribution in [2.45, 2.75) is 37.5 Å². The summed E-state index contributed by atoms with van der Waals surface area (Å²) in [6, 6.07) is 16.0. The van der Waals surface area contributed by atoms with Gasteiger partial charge in [-0.2, -0.15) is 0 Å². The Kier molecular flexibility index (Phi) is 10.5. The summed E-state index contributed by atoms with van der Waals surface area (Å²) < 4.78 is 5.56. The van der Waals surface area contributed by atoms with Crippen LogP contribution in [0.15, 0.2) is 82.0 Å². The molecule has 10 heteroatoms. The van der Waals surface area contributed by atoms with E-state index in [1.165, 1.54) is 23.1 Å². The molecule has 9 nitrogen and oxygen atoms in total. The topological polar surface area (TPSA) is 122 Å². The van der Waals surface area contributed by atoms with Gasteiger partial charge in [0, 0.05) is 35.0 Å². The Morgan fingerprint density at radius 2 is 1.74 bits per heavy atom. The summed E-state index contributed by atoms with van der Waals surface area (Å²) in [6.07, 6.45) is 1.65. The molecule has 0 spiro atoms. The third kappa shape index (κ3) is 7.69. The van der Waals surface area contributed by atoms with Crippen LogP contribution in [-0.4, -0.2) is 59.4 Å².